The molecule has 4 rings (SSSR count). The number of ether oxygens (including phenoxy) is 2. The molecule has 0 aliphatic carbocycles. The fourth-order valence-electron chi connectivity index (χ4n) is 3.83. The summed E-state index contributed by atoms with van der Waals surface area (Å²) >= 11 is 0. The van der Waals surface area contributed by atoms with Gasteiger partial charge in [-0.05, 0) is 29.8 Å². The monoisotopic (exact) mass is 451 g/mol. The normalized spacial score (nSPS) is 18.6. The predicted octanol–water partition coefficient (Wildman–Crippen LogP) is 1.13. The first-order chi connectivity index (χ1) is 16.1. The van der Waals surface area contributed by atoms with Gasteiger partial charge >= 0.3 is 0 Å². The number of hydrogen-bond donors (Lipinski definition) is 2. The lowest BCUT2D eigenvalue weighted by molar-refractivity contribution is -0.119. The largest absolute Gasteiger partial charge is 0.492 e. The molecule has 0 spiro atoms. The lowest BCUT2D eigenvalue weighted by Gasteiger charge is -2.26. The number of benzene rings is 2. The highest BCUT2D eigenvalue weighted by Gasteiger charge is 2.34. The van der Waals surface area contributed by atoms with Crippen LogP contribution in [0.2, 0.25) is 0 Å². The first-order valence-corrected chi connectivity index (χ1v) is 11.1. The highest BCUT2D eigenvalue weighted by Crippen LogP contribution is 2.24. The Morgan fingerprint density at radius 1 is 1.12 bits per heavy atom. The SMILES string of the molecule is NC(=O)C1CC(C(=O)NCc2cccc(OCCN3CCOCC3)c2)=NN1c1ccccc1. The van der Waals surface area contributed by atoms with Crippen LogP contribution in [0.3, 0.4) is 0 Å². The smallest absolute Gasteiger partial charge is 0.267 e. The molecule has 1 saturated heterocycles. The van der Waals surface area contributed by atoms with E-state index in [1.165, 1.54) is 5.01 Å². The molecule has 1 fully saturated rings. The van der Waals surface area contributed by atoms with Crippen LogP contribution in [0, 0.1) is 0 Å². The Balaban J connectivity index is 1.31. The summed E-state index contributed by atoms with van der Waals surface area (Å²) in [6, 6.07) is 16.2. The van der Waals surface area contributed by atoms with E-state index in [-0.39, 0.29) is 18.0 Å². The molecule has 2 amide bonds. The maximum absolute atomic E-state index is 12.7. The quantitative estimate of drug-likeness (QED) is 0.592. The fraction of sp³-hybridized carbons (Fsp3) is 0.375. The summed E-state index contributed by atoms with van der Waals surface area (Å²) in [5.41, 5.74) is 7.45. The van der Waals surface area contributed by atoms with Crippen LogP contribution in [0.1, 0.15) is 12.0 Å². The maximum Gasteiger partial charge on any atom is 0.267 e. The maximum atomic E-state index is 12.7. The van der Waals surface area contributed by atoms with Gasteiger partial charge < -0.3 is 20.5 Å². The third-order valence-electron chi connectivity index (χ3n) is 5.65. The summed E-state index contributed by atoms with van der Waals surface area (Å²) in [6.07, 6.45) is 0.167. The van der Waals surface area contributed by atoms with E-state index in [4.69, 9.17) is 15.2 Å². The fourth-order valence-corrected chi connectivity index (χ4v) is 3.83. The minimum absolute atomic E-state index is 0.167. The van der Waals surface area contributed by atoms with Crippen LogP contribution in [0.25, 0.3) is 0 Å². The zero-order chi connectivity index (χ0) is 23.0. The van der Waals surface area contributed by atoms with Gasteiger partial charge in [-0.1, -0.05) is 30.3 Å². The summed E-state index contributed by atoms with van der Waals surface area (Å²) in [6.45, 7) is 5.16. The molecule has 2 aromatic carbocycles. The average Bonchev–Trinajstić information content (AvgIpc) is 3.30. The van der Waals surface area contributed by atoms with Crippen LogP contribution in [0.5, 0.6) is 5.75 Å². The number of hydrazone groups is 1. The Morgan fingerprint density at radius 2 is 1.91 bits per heavy atom. The van der Waals surface area contributed by atoms with Crippen molar-refractivity contribution in [3.8, 4) is 5.75 Å². The topological polar surface area (TPSA) is 109 Å². The molecule has 9 nitrogen and oxygen atoms in total. The van der Waals surface area contributed by atoms with E-state index in [1.807, 2.05) is 54.6 Å². The zero-order valence-corrected chi connectivity index (χ0v) is 18.5. The van der Waals surface area contributed by atoms with E-state index in [1.54, 1.807) is 0 Å². The number of carbonyl (C=O) groups excluding carboxylic acids is 2. The number of para-hydroxylation sites is 1. The first kappa shape index (κ1) is 22.8. The van der Waals surface area contributed by atoms with Crippen molar-refractivity contribution in [1.29, 1.82) is 0 Å². The molecule has 0 bridgehead atoms. The van der Waals surface area contributed by atoms with Gasteiger partial charge in [0, 0.05) is 32.6 Å². The Bertz CT molecular complexity index is 991. The number of primary amides is 1. The molecule has 3 N–H and O–H groups in total. The third kappa shape index (κ3) is 6.09. The summed E-state index contributed by atoms with van der Waals surface area (Å²) in [4.78, 5) is 27.0. The molecule has 2 aliphatic heterocycles. The van der Waals surface area contributed by atoms with E-state index in [2.05, 4.69) is 15.3 Å². The molecule has 0 saturated carbocycles. The van der Waals surface area contributed by atoms with Gasteiger partial charge in [-0.15, -0.1) is 0 Å². The van der Waals surface area contributed by atoms with Crippen LogP contribution in [-0.2, 0) is 20.9 Å². The van der Waals surface area contributed by atoms with Gasteiger partial charge in [0.1, 0.15) is 24.1 Å². The lowest BCUT2D eigenvalue weighted by atomic mass is 10.1. The van der Waals surface area contributed by atoms with Crippen molar-refractivity contribution < 1.29 is 19.1 Å². The molecule has 0 radical (unpaired) electrons. The Morgan fingerprint density at radius 3 is 2.67 bits per heavy atom. The van der Waals surface area contributed by atoms with Crippen molar-refractivity contribution in [2.45, 2.75) is 19.0 Å². The summed E-state index contributed by atoms with van der Waals surface area (Å²) in [5, 5.41) is 8.77. The van der Waals surface area contributed by atoms with Gasteiger partial charge in [-0.25, -0.2) is 0 Å². The molecule has 0 aromatic heterocycles. The molecule has 9 heteroatoms. The van der Waals surface area contributed by atoms with E-state index in [0.29, 0.717) is 18.8 Å². The third-order valence-corrected chi connectivity index (χ3v) is 5.65. The van der Waals surface area contributed by atoms with Gasteiger partial charge in [0.2, 0.25) is 5.91 Å². The average molecular weight is 452 g/mol. The Hall–Kier alpha value is -3.43. The molecule has 33 heavy (non-hydrogen) atoms. The Kier molecular flexibility index (Phi) is 7.54. The number of anilines is 1. The number of hydrogen-bond acceptors (Lipinski definition) is 7. The minimum Gasteiger partial charge on any atom is -0.492 e. The van der Waals surface area contributed by atoms with Crippen molar-refractivity contribution >= 4 is 23.2 Å². The second-order valence-corrected chi connectivity index (χ2v) is 7.98. The van der Waals surface area contributed by atoms with Crippen molar-refractivity contribution in [1.82, 2.24) is 10.2 Å². The zero-order valence-electron chi connectivity index (χ0n) is 18.5. The number of carbonyl (C=O) groups is 2. The molecule has 174 valence electrons. The minimum atomic E-state index is -0.684. The molecule has 2 heterocycles. The number of nitrogens with two attached hydrogens (primary N) is 1. The molecule has 2 aliphatic rings. The number of nitrogens with one attached hydrogen (secondary N) is 1. The van der Waals surface area contributed by atoms with Crippen LogP contribution >= 0.6 is 0 Å². The lowest BCUT2D eigenvalue weighted by Crippen LogP contribution is -2.39. The number of nitrogens with zero attached hydrogens (tertiary/aromatic N) is 3. The number of amides is 2. The standard InChI is InChI=1S/C24H29N5O4/c25-23(30)22-16-21(27-29(22)19-6-2-1-3-7-19)24(31)26-17-18-5-4-8-20(15-18)33-14-11-28-9-12-32-13-10-28/h1-8,15,22H,9-14,16-17H2,(H2,25,30)(H,26,31). The van der Waals surface area contributed by atoms with E-state index in [9.17, 15) is 9.59 Å². The van der Waals surface area contributed by atoms with Gasteiger partial charge in [0.05, 0.1) is 18.9 Å². The van der Waals surface area contributed by atoms with Gasteiger partial charge in [-0.2, -0.15) is 5.10 Å². The predicted molar refractivity (Wildman–Crippen MR) is 125 cm³/mol. The van der Waals surface area contributed by atoms with Gasteiger partial charge in [0.15, 0.2) is 0 Å². The van der Waals surface area contributed by atoms with Gasteiger partial charge in [-0.3, -0.25) is 19.5 Å². The van der Waals surface area contributed by atoms with E-state index >= 15 is 0 Å². The van der Waals surface area contributed by atoms with Crippen LogP contribution in [-0.4, -0.2) is 67.9 Å². The molecule has 2 aromatic rings. The number of rotatable bonds is 9. The first-order valence-electron chi connectivity index (χ1n) is 11.1. The summed E-state index contributed by atoms with van der Waals surface area (Å²) < 4.78 is 11.2. The Labute approximate surface area is 193 Å². The van der Waals surface area contributed by atoms with Crippen molar-refractivity contribution in [3.63, 3.8) is 0 Å². The molecule has 1 atom stereocenters. The summed E-state index contributed by atoms with van der Waals surface area (Å²) in [7, 11) is 0. The van der Waals surface area contributed by atoms with Crippen molar-refractivity contribution in [2.24, 2.45) is 10.8 Å². The van der Waals surface area contributed by atoms with Crippen LogP contribution < -0.4 is 20.8 Å². The van der Waals surface area contributed by atoms with E-state index in [0.717, 1.165) is 44.2 Å². The second kappa shape index (κ2) is 10.9. The highest BCUT2D eigenvalue weighted by molar-refractivity contribution is 6.40. The number of morpholine rings is 1. The second-order valence-electron chi connectivity index (χ2n) is 7.98. The molecule has 1 unspecified atom stereocenters. The van der Waals surface area contributed by atoms with Crippen molar-refractivity contribution in [3.05, 3.63) is 60.2 Å². The molecular formula is C24H29N5O4. The van der Waals surface area contributed by atoms with Crippen LogP contribution in [0.4, 0.5) is 5.69 Å². The van der Waals surface area contributed by atoms with Crippen molar-refractivity contribution in [2.75, 3.05) is 44.5 Å². The summed E-state index contributed by atoms with van der Waals surface area (Å²) in [5.74, 6) is -0.0806. The highest BCUT2D eigenvalue weighted by atomic mass is 16.5. The van der Waals surface area contributed by atoms with E-state index < -0.39 is 11.9 Å². The van der Waals surface area contributed by atoms with Gasteiger partial charge in [0.25, 0.3) is 5.91 Å². The van der Waals surface area contributed by atoms with Crippen LogP contribution in [0.15, 0.2) is 59.7 Å². The molecular weight excluding hydrogens is 422 g/mol.